The molecule has 2 N–H and O–H groups in total. The van der Waals surface area contributed by atoms with E-state index in [-0.39, 0.29) is 5.75 Å². The number of ether oxygens (including phenoxy) is 1. The van der Waals surface area contributed by atoms with Crippen molar-refractivity contribution in [3.8, 4) is 5.75 Å². The number of urea groups is 1. The standard InChI is InChI=1S/C16H19F2N3O4/c1-3-16(4-2)13(23)21(15(24)20-16)9-12(22)19-10-5-7-11(8-6-10)25-14(17)18/h5-8,14H,3-4,9H2,1-2H3,(H,19,22)(H,20,24). The third-order valence-electron chi connectivity index (χ3n) is 4.12. The van der Waals surface area contributed by atoms with Gasteiger partial charge in [-0.15, -0.1) is 0 Å². The predicted molar refractivity (Wildman–Crippen MR) is 85.3 cm³/mol. The number of anilines is 1. The molecule has 0 aromatic heterocycles. The molecule has 25 heavy (non-hydrogen) atoms. The summed E-state index contributed by atoms with van der Waals surface area (Å²) in [4.78, 5) is 37.3. The van der Waals surface area contributed by atoms with Crippen molar-refractivity contribution in [2.24, 2.45) is 0 Å². The molecule has 1 aliphatic rings. The van der Waals surface area contributed by atoms with E-state index in [9.17, 15) is 23.2 Å². The van der Waals surface area contributed by atoms with Crippen LogP contribution in [0, 0.1) is 0 Å². The number of carbonyl (C=O) groups is 3. The van der Waals surface area contributed by atoms with E-state index in [1.165, 1.54) is 24.3 Å². The molecule has 0 aliphatic carbocycles. The van der Waals surface area contributed by atoms with E-state index in [4.69, 9.17) is 0 Å². The molecule has 0 unspecified atom stereocenters. The van der Waals surface area contributed by atoms with Gasteiger partial charge in [0.2, 0.25) is 5.91 Å². The third-order valence-corrected chi connectivity index (χ3v) is 4.12. The summed E-state index contributed by atoms with van der Waals surface area (Å²) >= 11 is 0. The Morgan fingerprint density at radius 2 is 1.84 bits per heavy atom. The molecule has 0 spiro atoms. The summed E-state index contributed by atoms with van der Waals surface area (Å²) in [5.74, 6) is -1.05. The molecule has 136 valence electrons. The van der Waals surface area contributed by atoms with Gasteiger partial charge in [-0.25, -0.2) is 4.79 Å². The average Bonchev–Trinajstić information content (AvgIpc) is 2.81. The molecular weight excluding hydrogens is 336 g/mol. The predicted octanol–water partition coefficient (Wildman–Crippen LogP) is 2.34. The molecule has 2 rings (SSSR count). The van der Waals surface area contributed by atoms with Crippen molar-refractivity contribution in [3.05, 3.63) is 24.3 Å². The van der Waals surface area contributed by atoms with E-state index in [0.29, 0.717) is 18.5 Å². The highest BCUT2D eigenvalue weighted by Crippen LogP contribution is 2.25. The largest absolute Gasteiger partial charge is 0.435 e. The van der Waals surface area contributed by atoms with Crippen LogP contribution in [0.25, 0.3) is 0 Å². The number of carbonyl (C=O) groups excluding carboxylic acids is 3. The molecule has 1 saturated heterocycles. The van der Waals surface area contributed by atoms with E-state index in [1.807, 2.05) is 0 Å². The third kappa shape index (κ3) is 4.04. The second-order valence-corrected chi connectivity index (χ2v) is 5.56. The number of rotatable bonds is 7. The van der Waals surface area contributed by atoms with Crippen LogP contribution in [0.4, 0.5) is 19.3 Å². The second-order valence-electron chi connectivity index (χ2n) is 5.56. The number of nitrogens with zero attached hydrogens (tertiary/aromatic N) is 1. The van der Waals surface area contributed by atoms with Crippen molar-refractivity contribution < 1.29 is 27.9 Å². The lowest BCUT2D eigenvalue weighted by Gasteiger charge is -2.23. The molecule has 1 heterocycles. The van der Waals surface area contributed by atoms with Crippen molar-refractivity contribution in [2.45, 2.75) is 38.8 Å². The highest BCUT2D eigenvalue weighted by molar-refractivity contribution is 6.10. The van der Waals surface area contributed by atoms with Gasteiger partial charge in [-0.3, -0.25) is 14.5 Å². The minimum atomic E-state index is -2.93. The summed E-state index contributed by atoms with van der Waals surface area (Å²) in [5, 5.41) is 5.13. The molecular formula is C16H19F2N3O4. The Morgan fingerprint density at radius 3 is 2.32 bits per heavy atom. The van der Waals surface area contributed by atoms with Crippen LogP contribution in [-0.2, 0) is 9.59 Å². The van der Waals surface area contributed by atoms with Gasteiger partial charge < -0.3 is 15.4 Å². The molecule has 0 radical (unpaired) electrons. The number of hydrogen-bond donors (Lipinski definition) is 2. The van der Waals surface area contributed by atoms with E-state index in [1.54, 1.807) is 13.8 Å². The van der Waals surface area contributed by atoms with Crippen LogP contribution in [-0.4, -0.2) is 41.4 Å². The SMILES string of the molecule is CCC1(CC)NC(=O)N(CC(=O)Nc2ccc(OC(F)F)cc2)C1=O. The average molecular weight is 355 g/mol. The maximum atomic E-state index is 12.4. The van der Waals surface area contributed by atoms with Crippen LogP contribution < -0.4 is 15.4 Å². The van der Waals surface area contributed by atoms with Gasteiger partial charge in [-0.2, -0.15) is 8.78 Å². The fourth-order valence-electron chi connectivity index (χ4n) is 2.61. The lowest BCUT2D eigenvalue weighted by molar-refractivity contribution is -0.134. The lowest BCUT2D eigenvalue weighted by atomic mass is 9.93. The minimum absolute atomic E-state index is 0.0437. The van der Waals surface area contributed by atoms with Gasteiger partial charge in [-0.1, -0.05) is 13.8 Å². The summed E-state index contributed by atoms with van der Waals surface area (Å²) < 4.78 is 28.4. The van der Waals surface area contributed by atoms with Crippen molar-refractivity contribution in [1.29, 1.82) is 0 Å². The van der Waals surface area contributed by atoms with Crippen LogP contribution in [0.5, 0.6) is 5.75 Å². The second kappa shape index (κ2) is 7.45. The Kier molecular flexibility index (Phi) is 5.55. The maximum absolute atomic E-state index is 12.4. The molecule has 4 amide bonds. The molecule has 1 fully saturated rings. The molecule has 7 nitrogen and oxygen atoms in total. The van der Waals surface area contributed by atoms with Crippen molar-refractivity contribution in [2.75, 3.05) is 11.9 Å². The van der Waals surface area contributed by atoms with E-state index >= 15 is 0 Å². The number of imide groups is 1. The quantitative estimate of drug-likeness (QED) is 0.735. The number of halogens is 2. The highest BCUT2D eigenvalue weighted by atomic mass is 19.3. The van der Waals surface area contributed by atoms with Crippen molar-refractivity contribution >= 4 is 23.5 Å². The molecule has 1 aromatic rings. The lowest BCUT2D eigenvalue weighted by Crippen LogP contribution is -2.46. The fourth-order valence-corrected chi connectivity index (χ4v) is 2.61. The number of alkyl halides is 2. The number of hydrogen-bond acceptors (Lipinski definition) is 4. The molecule has 0 saturated carbocycles. The Bertz CT molecular complexity index is 660. The van der Waals surface area contributed by atoms with Gasteiger partial charge in [0.05, 0.1) is 0 Å². The van der Waals surface area contributed by atoms with Gasteiger partial charge in [-0.05, 0) is 37.1 Å². The first-order valence-electron chi connectivity index (χ1n) is 7.80. The van der Waals surface area contributed by atoms with Gasteiger partial charge in [0, 0.05) is 5.69 Å². The number of benzene rings is 1. The van der Waals surface area contributed by atoms with Crippen LogP contribution in [0.15, 0.2) is 24.3 Å². The molecule has 0 bridgehead atoms. The van der Waals surface area contributed by atoms with Crippen LogP contribution in [0.3, 0.4) is 0 Å². The van der Waals surface area contributed by atoms with Crippen molar-refractivity contribution in [1.82, 2.24) is 10.2 Å². The van der Waals surface area contributed by atoms with Crippen molar-refractivity contribution in [3.63, 3.8) is 0 Å². The van der Waals surface area contributed by atoms with Gasteiger partial charge >= 0.3 is 12.6 Å². The molecule has 9 heteroatoms. The van der Waals surface area contributed by atoms with Gasteiger partial charge in [0.25, 0.3) is 5.91 Å². The zero-order chi connectivity index (χ0) is 18.6. The summed E-state index contributed by atoms with van der Waals surface area (Å²) in [7, 11) is 0. The minimum Gasteiger partial charge on any atom is -0.435 e. The number of nitrogens with one attached hydrogen (secondary N) is 2. The topological polar surface area (TPSA) is 87.7 Å². The molecule has 0 atom stereocenters. The van der Waals surface area contributed by atoms with Gasteiger partial charge in [0.15, 0.2) is 0 Å². The van der Waals surface area contributed by atoms with E-state index in [0.717, 1.165) is 4.90 Å². The summed E-state index contributed by atoms with van der Waals surface area (Å²) in [6.07, 6.45) is 0.857. The molecule has 1 aliphatic heterocycles. The maximum Gasteiger partial charge on any atom is 0.387 e. The van der Waals surface area contributed by atoms with Crippen LogP contribution >= 0.6 is 0 Å². The normalized spacial score (nSPS) is 16.1. The first-order chi connectivity index (χ1) is 11.8. The Morgan fingerprint density at radius 1 is 1.24 bits per heavy atom. The Labute approximate surface area is 143 Å². The zero-order valence-electron chi connectivity index (χ0n) is 13.8. The van der Waals surface area contributed by atoms with E-state index < -0.39 is 36.5 Å². The fraction of sp³-hybridized carbons (Fsp3) is 0.438. The highest BCUT2D eigenvalue weighted by Gasteiger charge is 2.49. The first kappa shape index (κ1) is 18.6. The zero-order valence-corrected chi connectivity index (χ0v) is 13.8. The first-order valence-corrected chi connectivity index (χ1v) is 7.80. The summed E-state index contributed by atoms with van der Waals surface area (Å²) in [6.45, 7) is 0.210. The van der Waals surface area contributed by atoms with Crippen LogP contribution in [0.2, 0.25) is 0 Å². The Balaban J connectivity index is 1.98. The summed E-state index contributed by atoms with van der Waals surface area (Å²) in [6, 6.07) is 4.70. The summed E-state index contributed by atoms with van der Waals surface area (Å²) in [5.41, 5.74) is -0.637. The van der Waals surface area contributed by atoms with Gasteiger partial charge in [0.1, 0.15) is 17.8 Å². The van der Waals surface area contributed by atoms with Crippen LogP contribution in [0.1, 0.15) is 26.7 Å². The Hall–Kier alpha value is -2.71. The number of amides is 4. The monoisotopic (exact) mass is 355 g/mol. The smallest absolute Gasteiger partial charge is 0.387 e. The molecule has 1 aromatic carbocycles. The van der Waals surface area contributed by atoms with E-state index in [2.05, 4.69) is 15.4 Å².